The third-order valence-corrected chi connectivity index (χ3v) is 6.89. The van der Waals surface area contributed by atoms with Crippen molar-refractivity contribution in [1.82, 2.24) is 0 Å². The Kier molecular flexibility index (Phi) is 6.99. The number of carbonyl (C=O) groups excluding carboxylic acids is 2. The molecular formula is C22H36O4. The van der Waals surface area contributed by atoms with Gasteiger partial charge in [-0.3, -0.25) is 9.59 Å². The summed E-state index contributed by atoms with van der Waals surface area (Å²) in [5.74, 6) is 1.59. The molecule has 0 N–H and O–H groups in total. The van der Waals surface area contributed by atoms with E-state index in [4.69, 9.17) is 9.47 Å². The molecule has 4 heteroatoms. The molecule has 0 heterocycles. The van der Waals surface area contributed by atoms with Gasteiger partial charge in [-0.05, 0) is 88.9 Å². The van der Waals surface area contributed by atoms with Crippen LogP contribution < -0.4 is 0 Å². The molecule has 4 nitrogen and oxygen atoms in total. The van der Waals surface area contributed by atoms with Crippen LogP contribution in [0.1, 0.15) is 90.9 Å². The molecule has 3 rings (SSSR count). The van der Waals surface area contributed by atoms with Crippen LogP contribution in [0, 0.1) is 23.7 Å². The van der Waals surface area contributed by atoms with Crippen LogP contribution in [0.3, 0.4) is 0 Å². The molecule has 0 bridgehead atoms. The van der Waals surface area contributed by atoms with Crippen LogP contribution in [0.5, 0.6) is 0 Å². The molecule has 0 aromatic rings. The third kappa shape index (κ3) is 5.47. The summed E-state index contributed by atoms with van der Waals surface area (Å²) in [6.07, 6.45) is 11.9. The highest BCUT2D eigenvalue weighted by Crippen LogP contribution is 2.33. The average molecular weight is 365 g/mol. The quantitative estimate of drug-likeness (QED) is 0.656. The van der Waals surface area contributed by atoms with Crippen molar-refractivity contribution < 1.29 is 19.1 Å². The maximum absolute atomic E-state index is 12.4. The number of rotatable bonds is 4. The van der Waals surface area contributed by atoms with Crippen molar-refractivity contribution in [2.75, 3.05) is 0 Å². The molecule has 0 aliphatic heterocycles. The SMILES string of the molecule is CC1CCC(OC(=O)C2CCC(OC(=O)C3CCC(C)CC3)CC2)CC1. The van der Waals surface area contributed by atoms with Crippen LogP contribution in [0.2, 0.25) is 0 Å². The highest BCUT2D eigenvalue weighted by atomic mass is 16.5. The van der Waals surface area contributed by atoms with E-state index >= 15 is 0 Å². The Labute approximate surface area is 158 Å². The van der Waals surface area contributed by atoms with Gasteiger partial charge in [0.25, 0.3) is 0 Å². The third-order valence-electron chi connectivity index (χ3n) is 6.89. The molecule has 3 aliphatic rings. The highest BCUT2D eigenvalue weighted by molar-refractivity contribution is 5.73. The van der Waals surface area contributed by atoms with E-state index in [1.807, 2.05) is 0 Å². The van der Waals surface area contributed by atoms with Gasteiger partial charge in [-0.15, -0.1) is 0 Å². The average Bonchev–Trinajstić information content (AvgIpc) is 2.64. The van der Waals surface area contributed by atoms with E-state index in [1.165, 1.54) is 12.8 Å². The smallest absolute Gasteiger partial charge is 0.309 e. The van der Waals surface area contributed by atoms with Crippen molar-refractivity contribution in [2.24, 2.45) is 23.7 Å². The number of esters is 2. The fourth-order valence-electron chi connectivity index (χ4n) is 4.78. The van der Waals surface area contributed by atoms with E-state index in [1.54, 1.807) is 0 Å². The van der Waals surface area contributed by atoms with Gasteiger partial charge in [-0.2, -0.15) is 0 Å². The summed E-state index contributed by atoms with van der Waals surface area (Å²) in [5, 5.41) is 0. The minimum atomic E-state index is -0.0180. The zero-order valence-electron chi connectivity index (χ0n) is 16.6. The lowest BCUT2D eigenvalue weighted by atomic mass is 9.83. The van der Waals surface area contributed by atoms with Crippen LogP contribution in [-0.4, -0.2) is 24.1 Å². The van der Waals surface area contributed by atoms with E-state index in [9.17, 15) is 9.59 Å². The zero-order chi connectivity index (χ0) is 18.5. The predicted octanol–water partition coefficient (Wildman–Crippen LogP) is 5.04. The monoisotopic (exact) mass is 364 g/mol. The molecule has 148 valence electrons. The van der Waals surface area contributed by atoms with Gasteiger partial charge in [0, 0.05) is 0 Å². The Morgan fingerprint density at radius 1 is 0.538 bits per heavy atom. The maximum atomic E-state index is 12.4. The van der Waals surface area contributed by atoms with Crippen molar-refractivity contribution in [2.45, 2.75) is 103 Å². The standard InChI is InChI=1S/C22H36O4/c1-15-3-7-17(8-4-15)21(23)26-20-13-9-18(10-14-20)22(24)25-19-11-5-16(2)6-12-19/h15-20H,3-14H2,1-2H3. The zero-order valence-corrected chi connectivity index (χ0v) is 16.6. The Balaban J connectivity index is 1.35. The second-order valence-electron chi connectivity index (χ2n) is 9.19. The molecule has 0 radical (unpaired) electrons. The van der Waals surface area contributed by atoms with Gasteiger partial charge in [-0.25, -0.2) is 0 Å². The van der Waals surface area contributed by atoms with Crippen LogP contribution in [0.15, 0.2) is 0 Å². The molecule has 26 heavy (non-hydrogen) atoms. The summed E-state index contributed by atoms with van der Waals surface area (Å²) in [6.45, 7) is 4.53. The molecule has 0 amide bonds. The van der Waals surface area contributed by atoms with Crippen LogP contribution in [-0.2, 0) is 19.1 Å². The normalized spacial score (nSPS) is 38.4. The van der Waals surface area contributed by atoms with Gasteiger partial charge < -0.3 is 9.47 Å². The van der Waals surface area contributed by atoms with Gasteiger partial charge >= 0.3 is 11.9 Å². The lowest BCUT2D eigenvalue weighted by Gasteiger charge is -2.31. The molecule has 3 aliphatic carbocycles. The highest BCUT2D eigenvalue weighted by Gasteiger charge is 2.33. The molecule has 0 aromatic carbocycles. The van der Waals surface area contributed by atoms with Crippen LogP contribution >= 0.6 is 0 Å². The van der Waals surface area contributed by atoms with E-state index < -0.39 is 0 Å². The van der Waals surface area contributed by atoms with Crippen molar-refractivity contribution in [3.05, 3.63) is 0 Å². The van der Waals surface area contributed by atoms with Gasteiger partial charge in [0.1, 0.15) is 12.2 Å². The van der Waals surface area contributed by atoms with Crippen molar-refractivity contribution in [1.29, 1.82) is 0 Å². The molecular weight excluding hydrogens is 328 g/mol. The van der Waals surface area contributed by atoms with E-state index in [0.717, 1.165) is 76.0 Å². The second kappa shape index (κ2) is 9.23. The Morgan fingerprint density at radius 2 is 0.846 bits per heavy atom. The maximum Gasteiger partial charge on any atom is 0.309 e. The minimum absolute atomic E-state index is 0.000155. The molecule has 0 atom stereocenters. The first-order chi connectivity index (χ1) is 12.5. The predicted molar refractivity (Wildman–Crippen MR) is 100 cm³/mol. The van der Waals surface area contributed by atoms with E-state index in [0.29, 0.717) is 0 Å². The Hall–Kier alpha value is -1.06. The molecule has 3 saturated carbocycles. The van der Waals surface area contributed by atoms with Crippen molar-refractivity contribution in [3.8, 4) is 0 Å². The number of carbonyl (C=O) groups is 2. The Bertz CT molecular complexity index is 465. The van der Waals surface area contributed by atoms with Gasteiger partial charge in [-0.1, -0.05) is 13.8 Å². The largest absolute Gasteiger partial charge is 0.462 e. The summed E-state index contributed by atoms with van der Waals surface area (Å²) < 4.78 is 11.5. The summed E-state index contributed by atoms with van der Waals surface area (Å²) in [4.78, 5) is 24.8. The van der Waals surface area contributed by atoms with Gasteiger partial charge in [0.2, 0.25) is 0 Å². The lowest BCUT2D eigenvalue weighted by molar-refractivity contribution is -0.161. The summed E-state index contributed by atoms with van der Waals surface area (Å²) in [6, 6.07) is 0. The van der Waals surface area contributed by atoms with Crippen LogP contribution in [0.25, 0.3) is 0 Å². The topological polar surface area (TPSA) is 52.6 Å². The number of hydrogen-bond acceptors (Lipinski definition) is 4. The molecule has 3 fully saturated rings. The van der Waals surface area contributed by atoms with E-state index in [-0.39, 0.29) is 36.0 Å². The fourth-order valence-corrected chi connectivity index (χ4v) is 4.78. The first kappa shape index (κ1) is 19.7. The van der Waals surface area contributed by atoms with Crippen LogP contribution in [0.4, 0.5) is 0 Å². The first-order valence-electron chi connectivity index (χ1n) is 10.9. The lowest BCUT2D eigenvalue weighted by Crippen LogP contribution is -2.33. The first-order valence-corrected chi connectivity index (χ1v) is 10.9. The Morgan fingerprint density at radius 3 is 1.27 bits per heavy atom. The number of ether oxygens (including phenoxy) is 2. The number of hydrogen-bond donors (Lipinski definition) is 0. The second-order valence-corrected chi connectivity index (χ2v) is 9.19. The fraction of sp³-hybridized carbons (Fsp3) is 0.909. The van der Waals surface area contributed by atoms with Crippen molar-refractivity contribution in [3.63, 3.8) is 0 Å². The van der Waals surface area contributed by atoms with Gasteiger partial charge in [0.05, 0.1) is 11.8 Å². The van der Waals surface area contributed by atoms with Gasteiger partial charge in [0.15, 0.2) is 0 Å². The summed E-state index contributed by atoms with van der Waals surface area (Å²) in [5.41, 5.74) is 0. The van der Waals surface area contributed by atoms with Crippen molar-refractivity contribution >= 4 is 11.9 Å². The van der Waals surface area contributed by atoms with E-state index in [2.05, 4.69) is 13.8 Å². The minimum Gasteiger partial charge on any atom is -0.462 e. The molecule has 0 aromatic heterocycles. The molecule has 0 spiro atoms. The molecule has 0 saturated heterocycles. The summed E-state index contributed by atoms with van der Waals surface area (Å²) in [7, 11) is 0. The summed E-state index contributed by atoms with van der Waals surface area (Å²) >= 11 is 0. The molecule has 0 unspecified atom stereocenters.